The molecular weight excluding hydrogens is 458 g/mol. The third-order valence-corrected chi connectivity index (χ3v) is 6.27. The van der Waals surface area contributed by atoms with Gasteiger partial charge in [0, 0.05) is 42.3 Å². The van der Waals surface area contributed by atoms with Crippen molar-refractivity contribution in [3.63, 3.8) is 0 Å². The SMILES string of the molecule is Cn1cncc1C(F)(c1ccc(Cl)cc1)c1cnc2c(c1)c(-c1cccc(F)c1)cc(=O)n2C. The number of imidazole rings is 1. The molecule has 0 aliphatic rings. The van der Waals surface area contributed by atoms with Crippen LogP contribution in [0.25, 0.3) is 22.2 Å². The van der Waals surface area contributed by atoms with Gasteiger partial charge in [0.05, 0.1) is 18.2 Å². The van der Waals surface area contributed by atoms with Gasteiger partial charge >= 0.3 is 0 Å². The highest BCUT2D eigenvalue weighted by molar-refractivity contribution is 6.30. The summed E-state index contributed by atoms with van der Waals surface area (Å²) < 4.78 is 34.2. The molecule has 0 aliphatic carbocycles. The molecule has 8 heteroatoms. The van der Waals surface area contributed by atoms with Gasteiger partial charge in [0.15, 0.2) is 0 Å². The molecule has 0 bridgehead atoms. The lowest BCUT2D eigenvalue weighted by molar-refractivity contribution is 0.266. The first-order valence-electron chi connectivity index (χ1n) is 10.5. The molecule has 0 amide bonds. The molecule has 5 rings (SSSR count). The maximum absolute atomic E-state index is 17.2. The number of nitrogens with zero attached hydrogens (tertiary/aromatic N) is 4. The highest BCUT2D eigenvalue weighted by atomic mass is 35.5. The number of fused-ring (bicyclic) bond motifs is 1. The van der Waals surface area contributed by atoms with Crippen molar-refractivity contribution in [2.45, 2.75) is 5.67 Å². The zero-order valence-electron chi connectivity index (χ0n) is 18.3. The van der Waals surface area contributed by atoms with Crippen molar-refractivity contribution >= 4 is 22.6 Å². The molecule has 1 unspecified atom stereocenters. The van der Waals surface area contributed by atoms with Crippen LogP contribution >= 0.6 is 11.6 Å². The predicted octanol–water partition coefficient (Wildman–Crippen LogP) is 5.39. The monoisotopic (exact) mass is 476 g/mol. The van der Waals surface area contributed by atoms with E-state index in [0.29, 0.717) is 38.4 Å². The van der Waals surface area contributed by atoms with Crippen LogP contribution in [0.15, 0.2) is 84.2 Å². The van der Waals surface area contributed by atoms with E-state index in [1.807, 2.05) is 0 Å². The lowest BCUT2D eigenvalue weighted by Crippen LogP contribution is -2.27. The number of aromatic nitrogens is 4. The Labute approximate surface area is 198 Å². The molecule has 0 radical (unpaired) electrons. The molecule has 1 atom stereocenters. The highest BCUT2D eigenvalue weighted by Gasteiger charge is 2.40. The Morgan fingerprint density at radius 3 is 2.41 bits per heavy atom. The number of alkyl halides is 1. The Balaban J connectivity index is 1.84. The van der Waals surface area contributed by atoms with Crippen LogP contribution in [-0.4, -0.2) is 19.1 Å². The van der Waals surface area contributed by atoms with Gasteiger partial charge in [-0.05, 0) is 47.0 Å². The zero-order chi connectivity index (χ0) is 24.0. The standard InChI is InChI=1S/C26H19ClF2N4O/c1-32-15-30-14-23(32)26(29,17-6-8-19(27)9-7-17)18-11-22-21(16-4-3-5-20(28)10-16)12-24(34)33(2)25(22)31-13-18/h3-15H,1-2H3. The Bertz CT molecular complexity index is 1590. The van der Waals surface area contributed by atoms with Gasteiger partial charge in [-0.3, -0.25) is 9.36 Å². The Hall–Kier alpha value is -3.84. The van der Waals surface area contributed by atoms with Crippen LogP contribution in [0.4, 0.5) is 8.78 Å². The van der Waals surface area contributed by atoms with E-state index in [-0.39, 0.29) is 11.1 Å². The third-order valence-electron chi connectivity index (χ3n) is 6.02. The van der Waals surface area contributed by atoms with Crippen molar-refractivity contribution < 1.29 is 8.78 Å². The van der Waals surface area contributed by atoms with E-state index in [0.717, 1.165) is 0 Å². The fourth-order valence-electron chi connectivity index (χ4n) is 4.24. The molecule has 0 aliphatic heterocycles. The first-order valence-corrected chi connectivity index (χ1v) is 10.8. The Morgan fingerprint density at radius 2 is 1.74 bits per heavy atom. The molecule has 0 saturated carbocycles. The van der Waals surface area contributed by atoms with E-state index in [9.17, 15) is 9.18 Å². The average molecular weight is 477 g/mol. The van der Waals surface area contributed by atoms with Crippen LogP contribution in [0, 0.1) is 5.82 Å². The summed E-state index contributed by atoms with van der Waals surface area (Å²) in [6, 6.07) is 15.5. The number of rotatable bonds is 4. The number of pyridine rings is 2. The Kier molecular flexibility index (Phi) is 5.29. The van der Waals surface area contributed by atoms with E-state index in [2.05, 4.69) is 9.97 Å². The molecule has 2 aromatic carbocycles. The molecule has 170 valence electrons. The van der Waals surface area contributed by atoms with E-state index < -0.39 is 11.5 Å². The van der Waals surface area contributed by atoms with Crippen molar-refractivity contribution in [3.05, 3.63) is 117 Å². The first-order chi connectivity index (χ1) is 16.3. The normalized spacial score (nSPS) is 13.2. The van der Waals surface area contributed by atoms with Gasteiger partial charge in [0.1, 0.15) is 11.5 Å². The fraction of sp³-hybridized carbons (Fsp3) is 0.115. The van der Waals surface area contributed by atoms with Crippen LogP contribution in [0.5, 0.6) is 0 Å². The van der Waals surface area contributed by atoms with Gasteiger partial charge in [-0.25, -0.2) is 18.7 Å². The number of halogens is 3. The fourth-order valence-corrected chi connectivity index (χ4v) is 4.37. The number of hydrogen-bond acceptors (Lipinski definition) is 3. The van der Waals surface area contributed by atoms with Gasteiger partial charge < -0.3 is 4.57 Å². The van der Waals surface area contributed by atoms with Crippen molar-refractivity contribution in [1.29, 1.82) is 0 Å². The quantitative estimate of drug-likeness (QED) is 0.349. The maximum atomic E-state index is 17.2. The van der Waals surface area contributed by atoms with Crippen molar-refractivity contribution in [3.8, 4) is 11.1 Å². The van der Waals surface area contributed by atoms with E-state index >= 15 is 4.39 Å². The molecule has 3 aromatic heterocycles. The molecule has 5 nitrogen and oxygen atoms in total. The van der Waals surface area contributed by atoms with E-state index in [4.69, 9.17) is 11.6 Å². The van der Waals surface area contributed by atoms with Gasteiger partial charge in [-0.2, -0.15) is 0 Å². The minimum atomic E-state index is -2.12. The summed E-state index contributed by atoms with van der Waals surface area (Å²) in [5, 5.41) is 1.000. The van der Waals surface area contributed by atoms with Crippen LogP contribution in [-0.2, 0) is 19.8 Å². The van der Waals surface area contributed by atoms with Crippen LogP contribution in [0.3, 0.4) is 0 Å². The number of benzene rings is 2. The molecule has 0 fully saturated rings. The van der Waals surface area contributed by atoms with Crippen LogP contribution in [0.2, 0.25) is 5.02 Å². The van der Waals surface area contributed by atoms with Crippen LogP contribution in [0.1, 0.15) is 16.8 Å². The second kappa shape index (κ2) is 8.18. The largest absolute Gasteiger partial charge is 0.334 e. The molecule has 5 aromatic rings. The molecule has 0 saturated heterocycles. The second-order valence-corrected chi connectivity index (χ2v) is 8.55. The smallest absolute Gasteiger partial charge is 0.252 e. The third kappa shape index (κ3) is 3.49. The van der Waals surface area contributed by atoms with Gasteiger partial charge in [-0.15, -0.1) is 0 Å². The number of hydrogen-bond donors (Lipinski definition) is 0. The topological polar surface area (TPSA) is 52.7 Å². The molecule has 0 spiro atoms. The summed E-state index contributed by atoms with van der Waals surface area (Å²) in [5.74, 6) is -0.439. The van der Waals surface area contributed by atoms with Crippen molar-refractivity contribution in [2.24, 2.45) is 14.1 Å². The Morgan fingerprint density at radius 1 is 0.971 bits per heavy atom. The predicted molar refractivity (Wildman–Crippen MR) is 128 cm³/mol. The maximum Gasteiger partial charge on any atom is 0.252 e. The summed E-state index contributed by atoms with van der Waals surface area (Å²) in [7, 11) is 3.30. The van der Waals surface area contributed by atoms with E-state index in [1.54, 1.807) is 61.1 Å². The molecule has 34 heavy (non-hydrogen) atoms. The van der Waals surface area contributed by atoms with Crippen molar-refractivity contribution in [2.75, 3.05) is 0 Å². The highest BCUT2D eigenvalue weighted by Crippen LogP contribution is 2.42. The minimum Gasteiger partial charge on any atom is -0.334 e. The van der Waals surface area contributed by atoms with Gasteiger partial charge in [0.25, 0.3) is 5.56 Å². The van der Waals surface area contributed by atoms with Gasteiger partial charge in [-0.1, -0.05) is 35.9 Å². The average Bonchev–Trinajstić information content (AvgIpc) is 3.27. The van der Waals surface area contributed by atoms with Crippen LogP contribution < -0.4 is 5.56 Å². The summed E-state index contributed by atoms with van der Waals surface area (Å²) in [5.41, 5.74) is -0.213. The summed E-state index contributed by atoms with van der Waals surface area (Å²) in [6.07, 6.45) is 4.40. The lowest BCUT2D eigenvalue weighted by atomic mass is 9.85. The molecular formula is C26H19ClF2N4O. The zero-order valence-corrected chi connectivity index (χ0v) is 19.1. The molecule has 3 heterocycles. The summed E-state index contributed by atoms with van der Waals surface area (Å²) in [6.45, 7) is 0. The summed E-state index contributed by atoms with van der Waals surface area (Å²) >= 11 is 6.06. The number of aryl methyl sites for hydroxylation is 2. The van der Waals surface area contributed by atoms with E-state index in [1.165, 1.54) is 41.5 Å². The molecule has 0 N–H and O–H groups in total. The van der Waals surface area contributed by atoms with Crippen molar-refractivity contribution in [1.82, 2.24) is 19.1 Å². The first kappa shape index (κ1) is 22.0. The van der Waals surface area contributed by atoms with Gasteiger partial charge in [0.2, 0.25) is 5.67 Å². The summed E-state index contributed by atoms with van der Waals surface area (Å²) in [4.78, 5) is 21.2. The lowest BCUT2D eigenvalue weighted by Gasteiger charge is -2.27. The minimum absolute atomic E-state index is 0.238. The second-order valence-electron chi connectivity index (χ2n) is 8.12.